The third-order valence-electron chi connectivity index (χ3n) is 4.68. The average molecular weight is 376 g/mol. The van der Waals surface area contributed by atoms with Crippen LogP contribution in [-0.4, -0.2) is 22.0 Å². The number of nitrogens with zero attached hydrogens (tertiary/aromatic N) is 2. The minimum Gasteiger partial charge on any atom is -0.356 e. The first-order chi connectivity index (χ1) is 13.4. The van der Waals surface area contributed by atoms with Gasteiger partial charge in [-0.2, -0.15) is 0 Å². The van der Waals surface area contributed by atoms with E-state index in [0.717, 1.165) is 36.2 Å². The van der Waals surface area contributed by atoms with Gasteiger partial charge in [-0.25, -0.2) is 4.98 Å². The number of imidazole rings is 1. The van der Waals surface area contributed by atoms with E-state index in [1.807, 2.05) is 45.0 Å². The van der Waals surface area contributed by atoms with E-state index in [-0.39, 0.29) is 11.3 Å². The molecule has 2 aromatic carbocycles. The van der Waals surface area contributed by atoms with Crippen molar-refractivity contribution < 1.29 is 4.79 Å². The van der Waals surface area contributed by atoms with Gasteiger partial charge in [-0.15, -0.1) is 0 Å². The number of rotatable bonds is 7. The standard InChI is InChI=1S/C24H29N3O/c1-24(2,3)23(28)25-17-9-16-22-26-20-14-7-8-15-21(20)27(22)18-10-13-19-11-5-4-6-12-19/h4-8,10-15H,9,16-18H2,1-3H3,(H,25,28)/b13-10+. The van der Waals surface area contributed by atoms with E-state index in [9.17, 15) is 4.79 Å². The monoisotopic (exact) mass is 375 g/mol. The highest BCUT2D eigenvalue weighted by atomic mass is 16.2. The molecule has 0 bridgehead atoms. The van der Waals surface area contributed by atoms with Gasteiger partial charge in [0.2, 0.25) is 5.91 Å². The number of nitrogens with one attached hydrogen (secondary N) is 1. The quantitative estimate of drug-likeness (QED) is 0.600. The van der Waals surface area contributed by atoms with E-state index >= 15 is 0 Å². The molecule has 3 rings (SSSR count). The van der Waals surface area contributed by atoms with E-state index in [1.54, 1.807) is 0 Å². The number of fused-ring (bicyclic) bond motifs is 1. The Morgan fingerprint density at radius 2 is 1.79 bits per heavy atom. The lowest BCUT2D eigenvalue weighted by Crippen LogP contribution is -2.35. The molecule has 0 spiro atoms. The Kier molecular flexibility index (Phi) is 6.30. The number of hydrogen-bond donors (Lipinski definition) is 1. The van der Waals surface area contributed by atoms with Crippen LogP contribution in [0.25, 0.3) is 17.1 Å². The lowest BCUT2D eigenvalue weighted by Gasteiger charge is -2.17. The molecule has 0 saturated carbocycles. The molecular formula is C24H29N3O. The third kappa shape index (κ3) is 5.10. The summed E-state index contributed by atoms with van der Waals surface area (Å²) >= 11 is 0. The summed E-state index contributed by atoms with van der Waals surface area (Å²) in [4.78, 5) is 16.8. The third-order valence-corrected chi connectivity index (χ3v) is 4.68. The zero-order valence-electron chi connectivity index (χ0n) is 17.0. The summed E-state index contributed by atoms with van der Waals surface area (Å²) in [6, 6.07) is 18.6. The van der Waals surface area contributed by atoms with E-state index in [2.05, 4.69) is 52.4 Å². The van der Waals surface area contributed by atoms with Crippen molar-refractivity contribution in [3.63, 3.8) is 0 Å². The number of aromatic nitrogens is 2. The summed E-state index contributed by atoms with van der Waals surface area (Å²) in [5, 5.41) is 3.02. The Morgan fingerprint density at radius 3 is 2.54 bits per heavy atom. The van der Waals surface area contributed by atoms with Crippen LogP contribution in [0, 0.1) is 5.41 Å². The summed E-state index contributed by atoms with van der Waals surface area (Å²) in [5.74, 6) is 1.15. The Morgan fingerprint density at radius 1 is 1.07 bits per heavy atom. The zero-order chi connectivity index (χ0) is 20.0. The van der Waals surface area contributed by atoms with E-state index < -0.39 is 0 Å². The number of hydrogen-bond acceptors (Lipinski definition) is 2. The lowest BCUT2D eigenvalue weighted by molar-refractivity contribution is -0.128. The van der Waals surface area contributed by atoms with Gasteiger partial charge in [0.15, 0.2) is 0 Å². The molecule has 1 N–H and O–H groups in total. The van der Waals surface area contributed by atoms with Gasteiger partial charge in [-0.05, 0) is 24.1 Å². The average Bonchev–Trinajstić information content (AvgIpc) is 3.03. The fourth-order valence-electron chi connectivity index (χ4n) is 3.09. The molecule has 1 heterocycles. The van der Waals surface area contributed by atoms with E-state index in [0.29, 0.717) is 6.54 Å². The largest absolute Gasteiger partial charge is 0.356 e. The summed E-state index contributed by atoms with van der Waals surface area (Å²) < 4.78 is 2.26. The maximum Gasteiger partial charge on any atom is 0.225 e. The van der Waals surface area contributed by atoms with Crippen LogP contribution >= 0.6 is 0 Å². The van der Waals surface area contributed by atoms with Gasteiger partial charge < -0.3 is 9.88 Å². The van der Waals surface area contributed by atoms with Crippen LogP contribution in [0.2, 0.25) is 0 Å². The fraction of sp³-hybridized carbons (Fsp3) is 0.333. The van der Waals surface area contributed by atoms with Crippen molar-refractivity contribution >= 4 is 23.0 Å². The van der Waals surface area contributed by atoms with Crippen LogP contribution in [0.4, 0.5) is 0 Å². The van der Waals surface area contributed by atoms with E-state index in [4.69, 9.17) is 4.98 Å². The predicted molar refractivity (Wildman–Crippen MR) is 116 cm³/mol. The molecule has 3 aromatic rings. The first kappa shape index (κ1) is 19.9. The van der Waals surface area contributed by atoms with Gasteiger partial charge in [-0.3, -0.25) is 4.79 Å². The minimum atomic E-state index is -0.352. The number of benzene rings is 2. The van der Waals surface area contributed by atoms with Gasteiger partial charge in [-0.1, -0.05) is 75.4 Å². The number of para-hydroxylation sites is 2. The number of carbonyl (C=O) groups is 1. The number of carbonyl (C=O) groups excluding carboxylic acids is 1. The van der Waals surface area contributed by atoms with Gasteiger partial charge in [0.05, 0.1) is 11.0 Å². The first-order valence-corrected chi connectivity index (χ1v) is 9.89. The molecule has 4 heteroatoms. The minimum absolute atomic E-state index is 0.0896. The van der Waals surface area contributed by atoms with Gasteiger partial charge in [0.25, 0.3) is 0 Å². The van der Waals surface area contributed by atoms with Crippen molar-refractivity contribution in [3.05, 3.63) is 72.1 Å². The second kappa shape index (κ2) is 8.87. The van der Waals surface area contributed by atoms with Gasteiger partial charge >= 0.3 is 0 Å². The summed E-state index contributed by atoms with van der Waals surface area (Å²) in [5.41, 5.74) is 3.01. The molecule has 1 amide bonds. The Hall–Kier alpha value is -2.88. The first-order valence-electron chi connectivity index (χ1n) is 9.89. The maximum absolute atomic E-state index is 12.0. The number of amides is 1. The van der Waals surface area contributed by atoms with Gasteiger partial charge in [0.1, 0.15) is 5.82 Å². The predicted octanol–water partition coefficient (Wildman–Crippen LogP) is 4.84. The SMILES string of the molecule is CC(C)(C)C(=O)NCCCc1nc2ccccc2n1C/C=C/c1ccccc1. The van der Waals surface area contributed by atoms with Crippen molar-refractivity contribution in [3.8, 4) is 0 Å². The lowest BCUT2D eigenvalue weighted by atomic mass is 9.96. The molecule has 0 aliphatic carbocycles. The van der Waals surface area contributed by atoms with Crippen LogP contribution in [0.5, 0.6) is 0 Å². The second-order valence-electron chi connectivity index (χ2n) is 8.05. The molecule has 0 unspecified atom stereocenters. The van der Waals surface area contributed by atoms with Crippen molar-refractivity contribution in [1.29, 1.82) is 0 Å². The fourth-order valence-corrected chi connectivity index (χ4v) is 3.09. The molecule has 0 atom stereocenters. The Labute approximate surface area is 167 Å². The molecule has 0 fully saturated rings. The number of aryl methyl sites for hydroxylation is 1. The molecule has 28 heavy (non-hydrogen) atoms. The molecule has 0 saturated heterocycles. The highest BCUT2D eigenvalue weighted by molar-refractivity contribution is 5.81. The topological polar surface area (TPSA) is 46.9 Å². The van der Waals surface area contributed by atoms with Crippen molar-refractivity contribution in [1.82, 2.24) is 14.9 Å². The molecular weight excluding hydrogens is 346 g/mol. The summed E-state index contributed by atoms with van der Waals surface area (Å²) in [7, 11) is 0. The smallest absolute Gasteiger partial charge is 0.225 e. The highest BCUT2D eigenvalue weighted by Crippen LogP contribution is 2.18. The van der Waals surface area contributed by atoms with Crippen LogP contribution in [-0.2, 0) is 17.8 Å². The normalized spacial score (nSPS) is 12.0. The summed E-state index contributed by atoms with van der Waals surface area (Å²) in [6.45, 7) is 7.24. The molecule has 0 radical (unpaired) electrons. The second-order valence-corrected chi connectivity index (χ2v) is 8.05. The maximum atomic E-state index is 12.0. The van der Waals surface area contributed by atoms with Crippen LogP contribution in [0.1, 0.15) is 38.6 Å². The number of allylic oxidation sites excluding steroid dienone is 1. The Bertz CT molecular complexity index is 949. The van der Waals surface area contributed by atoms with Crippen LogP contribution in [0.15, 0.2) is 60.7 Å². The van der Waals surface area contributed by atoms with Crippen molar-refractivity contribution in [2.75, 3.05) is 6.54 Å². The van der Waals surface area contributed by atoms with E-state index in [1.165, 1.54) is 5.56 Å². The highest BCUT2D eigenvalue weighted by Gasteiger charge is 2.20. The molecule has 1 aromatic heterocycles. The molecule has 4 nitrogen and oxygen atoms in total. The summed E-state index contributed by atoms with van der Waals surface area (Å²) in [6.07, 6.45) is 6.02. The van der Waals surface area contributed by atoms with Gasteiger partial charge in [0, 0.05) is 24.9 Å². The molecule has 0 aliphatic rings. The molecule has 0 aliphatic heterocycles. The van der Waals surface area contributed by atoms with Crippen molar-refractivity contribution in [2.45, 2.75) is 40.2 Å². The van der Waals surface area contributed by atoms with Crippen LogP contribution < -0.4 is 5.32 Å². The van der Waals surface area contributed by atoms with Crippen LogP contribution in [0.3, 0.4) is 0 Å². The Balaban J connectivity index is 1.68. The zero-order valence-corrected chi connectivity index (χ0v) is 17.0. The van der Waals surface area contributed by atoms with Crippen molar-refractivity contribution in [2.24, 2.45) is 5.41 Å². The molecule has 146 valence electrons.